The fourth-order valence-corrected chi connectivity index (χ4v) is 0.988. The molecule has 6 nitrogen and oxygen atoms in total. The van der Waals surface area contributed by atoms with Gasteiger partial charge >= 0.3 is 12.1 Å². The van der Waals surface area contributed by atoms with Crippen molar-refractivity contribution in [1.82, 2.24) is 5.32 Å². The highest BCUT2D eigenvalue weighted by Gasteiger charge is 2.15. The number of carbonyl (C=O) groups is 2. The van der Waals surface area contributed by atoms with E-state index in [4.69, 9.17) is 5.11 Å². The number of hydrogen-bond acceptors (Lipinski definition) is 4. The number of carboxylic acid groups (broad SMARTS) is 1. The van der Waals surface area contributed by atoms with E-state index in [0.29, 0.717) is 0 Å². The highest BCUT2D eigenvalue weighted by molar-refractivity contribution is 5.79. The van der Waals surface area contributed by atoms with Gasteiger partial charge in [0.15, 0.2) is 0 Å². The molecule has 1 atom stereocenters. The van der Waals surface area contributed by atoms with Crippen molar-refractivity contribution >= 4 is 12.1 Å². The smallest absolute Gasteiger partial charge is 0.439 e. The molecule has 0 radical (unpaired) electrons. The lowest BCUT2D eigenvalue weighted by Crippen LogP contribution is -2.38. The SMILES string of the molecule is C[C@H](NC(=O)OOCc1ccccc1)C(=O)O. The summed E-state index contributed by atoms with van der Waals surface area (Å²) in [6, 6.07) is 8.09. The van der Waals surface area contributed by atoms with Crippen molar-refractivity contribution < 1.29 is 24.5 Å². The van der Waals surface area contributed by atoms with Gasteiger partial charge in [-0.2, -0.15) is 4.89 Å². The summed E-state index contributed by atoms with van der Waals surface area (Å²) in [7, 11) is 0. The average Bonchev–Trinajstić information content (AvgIpc) is 2.30. The van der Waals surface area contributed by atoms with E-state index in [1.54, 1.807) is 12.1 Å². The molecule has 6 heteroatoms. The van der Waals surface area contributed by atoms with Crippen LogP contribution >= 0.6 is 0 Å². The molecule has 92 valence electrons. The van der Waals surface area contributed by atoms with Crippen molar-refractivity contribution in [2.75, 3.05) is 0 Å². The maximum Gasteiger partial charge on any atom is 0.439 e. The first-order chi connectivity index (χ1) is 8.09. The molecule has 0 fully saturated rings. The predicted octanol–water partition coefficient (Wildman–Crippen LogP) is 1.32. The second-order valence-electron chi connectivity index (χ2n) is 3.32. The van der Waals surface area contributed by atoms with Gasteiger partial charge in [-0.3, -0.25) is 9.68 Å². The van der Waals surface area contributed by atoms with Crippen LogP contribution in [0.15, 0.2) is 30.3 Å². The molecule has 17 heavy (non-hydrogen) atoms. The van der Waals surface area contributed by atoms with E-state index >= 15 is 0 Å². The van der Waals surface area contributed by atoms with Crippen LogP contribution < -0.4 is 5.32 Å². The van der Waals surface area contributed by atoms with E-state index in [1.165, 1.54) is 6.92 Å². The molecule has 0 saturated carbocycles. The van der Waals surface area contributed by atoms with Gasteiger partial charge in [-0.25, -0.2) is 4.79 Å². The molecule has 2 N–H and O–H groups in total. The number of carbonyl (C=O) groups excluding carboxylic acids is 1. The first-order valence-electron chi connectivity index (χ1n) is 4.96. The Morgan fingerprint density at radius 3 is 2.59 bits per heavy atom. The van der Waals surface area contributed by atoms with Gasteiger partial charge in [0.1, 0.15) is 12.6 Å². The zero-order chi connectivity index (χ0) is 12.7. The van der Waals surface area contributed by atoms with E-state index in [-0.39, 0.29) is 6.61 Å². The van der Waals surface area contributed by atoms with E-state index in [9.17, 15) is 9.59 Å². The van der Waals surface area contributed by atoms with Gasteiger partial charge in [-0.05, 0) is 12.5 Å². The van der Waals surface area contributed by atoms with Crippen molar-refractivity contribution in [3.05, 3.63) is 35.9 Å². The quantitative estimate of drug-likeness (QED) is 0.598. The monoisotopic (exact) mass is 239 g/mol. The zero-order valence-electron chi connectivity index (χ0n) is 9.25. The minimum Gasteiger partial charge on any atom is -0.480 e. The van der Waals surface area contributed by atoms with Gasteiger partial charge in [0.05, 0.1) is 0 Å². The number of carboxylic acids is 1. The summed E-state index contributed by atoms with van der Waals surface area (Å²) in [6.07, 6.45) is -0.934. The molecular formula is C11H13NO5. The number of benzene rings is 1. The zero-order valence-corrected chi connectivity index (χ0v) is 9.25. The Hall–Kier alpha value is -2.08. The molecule has 0 unspecified atom stereocenters. The molecular weight excluding hydrogens is 226 g/mol. The van der Waals surface area contributed by atoms with Gasteiger partial charge < -0.3 is 10.4 Å². The van der Waals surface area contributed by atoms with Crippen LogP contribution in [0.5, 0.6) is 0 Å². The van der Waals surface area contributed by atoms with Gasteiger partial charge in [-0.1, -0.05) is 30.3 Å². The molecule has 0 aliphatic rings. The number of nitrogens with one attached hydrogen (secondary N) is 1. The Bertz CT molecular complexity index is 379. The normalized spacial score (nSPS) is 11.6. The van der Waals surface area contributed by atoms with Crippen LogP contribution in [0.3, 0.4) is 0 Å². The Morgan fingerprint density at radius 2 is 2.00 bits per heavy atom. The molecule has 0 spiro atoms. The molecule has 0 heterocycles. The maximum atomic E-state index is 11.0. The number of amides is 1. The lowest BCUT2D eigenvalue weighted by Gasteiger charge is -2.08. The second kappa shape index (κ2) is 6.49. The first-order valence-corrected chi connectivity index (χ1v) is 4.96. The van der Waals surface area contributed by atoms with Crippen molar-refractivity contribution in [3.8, 4) is 0 Å². The molecule has 1 rings (SSSR count). The van der Waals surface area contributed by atoms with Crippen LogP contribution in [-0.4, -0.2) is 23.2 Å². The summed E-state index contributed by atoms with van der Waals surface area (Å²) in [5.74, 6) is -1.15. The summed E-state index contributed by atoms with van der Waals surface area (Å²) in [5.41, 5.74) is 0.839. The van der Waals surface area contributed by atoms with Crippen LogP contribution in [0.4, 0.5) is 4.79 Å². The van der Waals surface area contributed by atoms with E-state index in [0.717, 1.165) is 5.56 Å². The second-order valence-corrected chi connectivity index (χ2v) is 3.32. The fraction of sp³-hybridized carbons (Fsp3) is 0.273. The summed E-state index contributed by atoms with van der Waals surface area (Å²) in [6.45, 7) is 1.43. The van der Waals surface area contributed by atoms with Gasteiger partial charge in [-0.15, -0.1) is 0 Å². The number of rotatable bonds is 5. The minimum atomic E-state index is -1.15. The topological polar surface area (TPSA) is 84.9 Å². The largest absolute Gasteiger partial charge is 0.480 e. The molecule has 1 amide bonds. The van der Waals surface area contributed by atoms with Crippen LogP contribution in [0, 0.1) is 0 Å². The molecule has 0 aromatic heterocycles. The standard InChI is InChI=1S/C11H13NO5/c1-8(10(13)14)12-11(15)17-16-7-9-5-3-2-4-6-9/h2-6,8H,7H2,1H3,(H,12,15)(H,13,14)/t8-/m0/s1. The van der Waals surface area contributed by atoms with E-state index in [2.05, 4.69) is 15.1 Å². The van der Waals surface area contributed by atoms with Gasteiger partial charge in [0.25, 0.3) is 0 Å². The van der Waals surface area contributed by atoms with Crippen molar-refractivity contribution in [1.29, 1.82) is 0 Å². The Kier molecular flexibility index (Phi) is 4.96. The third-order valence-electron chi connectivity index (χ3n) is 1.91. The summed E-state index contributed by atoms with van der Waals surface area (Å²) in [5, 5.41) is 10.6. The Balaban J connectivity index is 2.23. The van der Waals surface area contributed by atoms with Crippen LogP contribution in [0.1, 0.15) is 12.5 Å². The fourth-order valence-electron chi connectivity index (χ4n) is 0.988. The lowest BCUT2D eigenvalue weighted by atomic mass is 10.2. The van der Waals surface area contributed by atoms with Crippen LogP contribution in [-0.2, 0) is 21.2 Å². The van der Waals surface area contributed by atoms with E-state index < -0.39 is 18.1 Å². The summed E-state index contributed by atoms with van der Waals surface area (Å²) < 4.78 is 0. The van der Waals surface area contributed by atoms with Crippen LogP contribution in [0.25, 0.3) is 0 Å². The predicted molar refractivity (Wildman–Crippen MR) is 57.9 cm³/mol. The molecule has 1 aromatic rings. The summed E-state index contributed by atoms with van der Waals surface area (Å²) >= 11 is 0. The molecule has 0 aliphatic heterocycles. The molecule has 0 saturated heterocycles. The molecule has 1 aromatic carbocycles. The third kappa shape index (κ3) is 4.98. The van der Waals surface area contributed by atoms with Crippen molar-refractivity contribution in [2.24, 2.45) is 0 Å². The number of hydrogen-bond donors (Lipinski definition) is 2. The average molecular weight is 239 g/mol. The highest BCUT2D eigenvalue weighted by Crippen LogP contribution is 2.00. The van der Waals surface area contributed by atoms with Gasteiger partial charge in [0.2, 0.25) is 0 Å². The molecule has 0 aliphatic carbocycles. The summed E-state index contributed by atoms with van der Waals surface area (Å²) in [4.78, 5) is 30.5. The maximum absolute atomic E-state index is 11.0. The first kappa shape index (κ1) is 13.0. The Morgan fingerprint density at radius 1 is 1.35 bits per heavy atom. The third-order valence-corrected chi connectivity index (χ3v) is 1.91. The van der Waals surface area contributed by atoms with Crippen LogP contribution in [0.2, 0.25) is 0 Å². The molecule has 0 bridgehead atoms. The van der Waals surface area contributed by atoms with Gasteiger partial charge in [0, 0.05) is 0 Å². The van der Waals surface area contributed by atoms with Crippen molar-refractivity contribution in [2.45, 2.75) is 19.6 Å². The number of aliphatic carboxylic acids is 1. The highest BCUT2D eigenvalue weighted by atomic mass is 17.2. The lowest BCUT2D eigenvalue weighted by molar-refractivity contribution is -0.249. The van der Waals surface area contributed by atoms with Crippen molar-refractivity contribution in [3.63, 3.8) is 0 Å². The Labute approximate surface area is 98.1 Å². The van der Waals surface area contributed by atoms with E-state index in [1.807, 2.05) is 18.2 Å². The minimum absolute atomic E-state index is 0.107.